The molecule has 1 heterocycles. The van der Waals surface area contributed by atoms with E-state index in [1.165, 1.54) is 0 Å². The van der Waals surface area contributed by atoms with Gasteiger partial charge < -0.3 is 21.1 Å². The molecule has 0 aromatic carbocycles. The van der Waals surface area contributed by atoms with E-state index in [2.05, 4.69) is 17.1 Å². The van der Waals surface area contributed by atoms with Gasteiger partial charge in [-0.2, -0.15) is 0 Å². The molecule has 0 aromatic rings. The number of rotatable bonds is 5. The Kier molecular flexibility index (Phi) is 6.34. The SMILES string of the molecule is CCOC(=O)N1CCN(C(C)[C@H](N)NCN)CC1. The van der Waals surface area contributed by atoms with E-state index < -0.39 is 0 Å². The second-order valence-corrected chi connectivity index (χ2v) is 4.40. The van der Waals surface area contributed by atoms with Crippen LogP contribution in [0.1, 0.15) is 13.8 Å². The van der Waals surface area contributed by atoms with Gasteiger partial charge in [-0.1, -0.05) is 0 Å². The molecule has 7 heteroatoms. The summed E-state index contributed by atoms with van der Waals surface area (Å²) in [7, 11) is 0. The molecular weight excluding hydrogens is 234 g/mol. The molecule has 1 rings (SSSR count). The minimum Gasteiger partial charge on any atom is -0.450 e. The zero-order valence-electron chi connectivity index (χ0n) is 11.3. The molecule has 0 radical (unpaired) electrons. The van der Waals surface area contributed by atoms with Crippen LogP contribution in [0.5, 0.6) is 0 Å². The van der Waals surface area contributed by atoms with Crippen molar-refractivity contribution < 1.29 is 9.53 Å². The van der Waals surface area contributed by atoms with Crippen LogP contribution in [-0.4, -0.2) is 67.6 Å². The molecular formula is C11H25N5O2. The fourth-order valence-electron chi connectivity index (χ4n) is 2.06. The highest BCUT2D eigenvalue weighted by Gasteiger charge is 2.26. The number of ether oxygens (including phenoxy) is 1. The summed E-state index contributed by atoms with van der Waals surface area (Å²) in [6, 6.07) is 0.192. The van der Waals surface area contributed by atoms with Crippen LogP contribution >= 0.6 is 0 Å². The number of hydrogen-bond donors (Lipinski definition) is 3. The Labute approximate surface area is 108 Å². The molecule has 0 aliphatic carbocycles. The van der Waals surface area contributed by atoms with Gasteiger partial charge in [0.2, 0.25) is 0 Å². The monoisotopic (exact) mass is 259 g/mol. The van der Waals surface area contributed by atoms with Gasteiger partial charge in [-0.25, -0.2) is 4.79 Å². The van der Waals surface area contributed by atoms with Gasteiger partial charge in [-0.3, -0.25) is 10.2 Å². The maximum atomic E-state index is 11.5. The third kappa shape index (κ3) is 4.09. The number of nitrogens with one attached hydrogen (secondary N) is 1. The van der Waals surface area contributed by atoms with E-state index in [0.717, 1.165) is 13.1 Å². The summed E-state index contributed by atoms with van der Waals surface area (Å²) in [6.07, 6.45) is -0.377. The Hall–Kier alpha value is -0.890. The second-order valence-electron chi connectivity index (χ2n) is 4.40. The molecule has 1 saturated heterocycles. The van der Waals surface area contributed by atoms with E-state index >= 15 is 0 Å². The summed E-state index contributed by atoms with van der Waals surface area (Å²) in [6.45, 7) is 7.63. The summed E-state index contributed by atoms with van der Waals surface area (Å²) in [5, 5.41) is 3.01. The molecule has 5 N–H and O–H groups in total. The van der Waals surface area contributed by atoms with Crippen LogP contribution in [0.4, 0.5) is 4.79 Å². The van der Waals surface area contributed by atoms with Crippen molar-refractivity contribution in [2.75, 3.05) is 39.5 Å². The molecule has 1 aliphatic heterocycles. The number of nitrogens with zero attached hydrogens (tertiary/aromatic N) is 2. The Morgan fingerprint density at radius 3 is 2.50 bits per heavy atom. The molecule has 18 heavy (non-hydrogen) atoms. The predicted molar refractivity (Wildman–Crippen MR) is 69.8 cm³/mol. The summed E-state index contributed by atoms with van der Waals surface area (Å²) in [5.74, 6) is 0. The highest BCUT2D eigenvalue weighted by atomic mass is 16.6. The highest BCUT2D eigenvalue weighted by Crippen LogP contribution is 2.08. The quantitative estimate of drug-likeness (QED) is 0.545. The topological polar surface area (TPSA) is 96.8 Å². The molecule has 106 valence electrons. The lowest BCUT2D eigenvalue weighted by molar-refractivity contribution is 0.0621. The number of carbonyl (C=O) groups excluding carboxylic acids is 1. The van der Waals surface area contributed by atoms with Crippen LogP contribution in [0.25, 0.3) is 0 Å². The summed E-state index contributed by atoms with van der Waals surface area (Å²) >= 11 is 0. The van der Waals surface area contributed by atoms with Crippen molar-refractivity contribution in [3.05, 3.63) is 0 Å². The van der Waals surface area contributed by atoms with Gasteiger partial charge in [0.15, 0.2) is 0 Å². The van der Waals surface area contributed by atoms with Gasteiger partial charge in [0.05, 0.1) is 12.8 Å². The normalized spacial score (nSPS) is 20.6. The first kappa shape index (κ1) is 15.2. The lowest BCUT2D eigenvalue weighted by Gasteiger charge is -2.39. The molecule has 1 amide bonds. The van der Waals surface area contributed by atoms with Gasteiger partial charge in [0.1, 0.15) is 0 Å². The standard InChI is InChI=1S/C11H25N5O2/c1-3-18-11(17)16-6-4-15(5-7-16)9(2)10(13)14-8-12/h9-10,14H,3-8,12-13H2,1-2H3/t9?,10-/m1/s1. The van der Waals surface area contributed by atoms with Crippen molar-refractivity contribution in [3.8, 4) is 0 Å². The van der Waals surface area contributed by atoms with Gasteiger partial charge in [0, 0.05) is 38.9 Å². The third-order valence-electron chi connectivity index (χ3n) is 3.29. The maximum Gasteiger partial charge on any atom is 0.409 e. The minimum absolute atomic E-state index is 0.149. The average Bonchev–Trinajstić information content (AvgIpc) is 2.38. The molecule has 0 spiro atoms. The molecule has 1 aliphatic rings. The van der Waals surface area contributed by atoms with Crippen molar-refractivity contribution in [1.82, 2.24) is 15.1 Å². The van der Waals surface area contributed by atoms with Crippen molar-refractivity contribution >= 4 is 6.09 Å². The van der Waals surface area contributed by atoms with E-state index in [4.69, 9.17) is 16.2 Å². The van der Waals surface area contributed by atoms with Gasteiger partial charge in [0.25, 0.3) is 0 Å². The molecule has 0 saturated carbocycles. The van der Waals surface area contributed by atoms with E-state index in [-0.39, 0.29) is 18.3 Å². The predicted octanol–water partition coefficient (Wildman–Crippen LogP) is -1.06. The molecule has 0 bridgehead atoms. The lowest BCUT2D eigenvalue weighted by atomic mass is 10.2. The van der Waals surface area contributed by atoms with E-state index in [1.54, 1.807) is 4.90 Å². The van der Waals surface area contributed by atoms with Crippen LogP contribution in [0, 0.1) is 0 Å². The van der Waals surface area contributed by atoms with Crippen molar-refractivity contribution in [2.45, 2.75) is 26.1 Å². The highest BCUT2D eigenvalue weighted by molar-refractivity contribution is 5.67. The summed E-state index contributed by atoms with van der Waals surface area (Å²) in [4.78, 5) is 15.5. The van der Waals surface area contributed by atoms with Crippen molar-refractivity contribution in [3.63, 3.8) is 0 Å². The van der Waals surface area contributed by atoms with Crippen molar-refractivity contribution in [2.24, 2.45) is 11.5 Å². The van der Waals surface area contributed by atoms with E-state index in [1.807, 2.05) is 6.92 Å². The van der Waals surface area contributed by atoms with E-state index in [0.29, 0.717) is 26.4 Å². The summed E-state index contributed by atoms with van der Waals surface area (Å²) in [5.41, 5.74) is 11.4. The van der Waals surface area contributed by atoms with Crippen LogP contribution < -0.4 is 16.8 Å². The maximum absolute atomic E-state index is 11.5. The van der Waals surface area contributed by atoms with Crippen LogP contribution in [0.15, 0.2) is 0 Å². The Morgan fingerprint density at radius 1 is 1.39 bits per heavy atom. The van der Waals surface area contributed by atoms with Gasteiger partial charge in [-0.05, 0) is 13.8 Å². The molecule has 1 fully saturated rings. The fraction of sp³-hybridized carbons (Fsp3) is 0.909. The minimum atomic E-state index is -0.228. The van der Waals surface area contributed by atoms with Crippen LogP contribution in [0.3, 0.4) is 0 Å². The number of carbonyl (C=O) groups is 1. The van der Waals surface area contributed by atoms with Crippen LogP contribution in [-0.2, 0) is 4.74 Å². The van der Waals surface area contributed by atoms with Gasteiger partial charge in [-0.15, -0.1) is 0 Å². The Balaban J connectivity index is 2.36. The Bertz CT molecular complexity index is 256. The number of amides is 1. The third-order valence-corrected chi connectivity index (χ3v) is 3.29. The fourth-order valence-corrected chi connectivity index (χ4v) is 2.06. The molecule has 2 atom stereocenters. The lowest BCUT2D eigenvalue weighted by Crippen LogP contribution is -2.59. The largest absolute Gasteiger partial charge is 0.450 e. The number of nitrogens with two attached hydrogens (primary N) is 2. The first-order valence-electron chi connectivity index (χ1n) is 6.45. The van der Waals surface area contributed by atoms with Gasteiger partial charge >= 0.3 is 6.09 Å². The number of hydrogen-bond acceptors (Lipinski definition) is 6. The zero-order chi connectivity index (χ0) is 13.5. The Morgan fingerprint density at radius 2 is 2.00 bits per heavy atom. The smallest absolute Gasteiger partial charge is 0.409 e. The van der Waals surface area contributed by atoms with Crippen molar-refractivity contribution in [1.29, 1.82) is 0 Å². The number of piperazine rings is 1. The zero-order valence-corrected chi connectivity index (χ0v) is 11.3. The van der Waals surface area contributed by atoms with E-state index in [9.17, 15) is 4.79 Å². The molecule has 7 nitrogen and oxygen atoms in total. The van der Waals surface area contributed by atoms with Crippen LogP contribution in [0.2, 0.25) is 0 Å². The molecule has 1 unspecified atom stereocenters. The first-order chi connectivity index (χ1) is 8.60. The molecule has 0 aromatic heterocycles. The summed E-state index contributed by atoms with van der Waals surface area (Å²) < 4.78 is 4.98. The first-order valence-corrected chi connectivity index (χ1v) is 6.45. The second kappa shape index (κ2) is 7.52. The average molecular weight is 259 g/mol.